The molecule has 0 radical (unpaired) electrons. The fraction of sp³-hybridized carbons (Fsp3) is 0.917. The molecule has 2 rings (SSSR count). The van der Waals surface area contributed by atoms with Gasteiger partial charge in [-0.2, -0.15) is 0 Å². The van der Waals surface area contributed by atoms with Crippen molar-refractivity contribution in [1.29, 1.82) is 0 Å². The van der Waals surface area contributed by atoms with Gasteiger partial charge in [-0.15, -0.1) is 0 Å². The van der Waals surface area contributed by atoms with Crippen LogP contribution in [0.25, 0.3) is 0 Å². The van der Waals surface area contributed by atoms with E-state index in [1.807, 2.05) is 0 Å². The van der Waals surface area contributed by atoms with Crippen molar-refractivity contribution >= 4 is 5.97 Å². The van der Waals surface area contributed by atoms with Crippen molar-refractivity contribution in [3.63, 3.8) is 0 Å². The maximum atomic E-state index is 10.8. The highest BCUT2D eigenvalue weighted by Gasteiger charge is 2.38. The minimum Gasteiger partial charge on any atom is -0.550 e. The van der Waals surface area contributed by atoms with Crippen molar-refractivity contribution in [2.24, 2.45) is 11.8 Å². The number of ether oxygens (including phenoxy) is 1. The SMILES string of the molecule is CC(C(=O)[O-])C1CCC2(CCNCC2)OC1. The molecule has 2 unspecified atom stereocenters. The highest BCUT2D eigenvalue weighted by Crippen LogP contribution is 2.37. The van der Waals surface area contributed by atoms with Crippen LogP contribution in [0.3, 0.4) is 0 Å². The fourth-order valence-electron chi connectivity index (χ4n) is 2.75. The number of hydrogen-bond acceptors (Lipinski definition) is 4. The lowest BCUT2D eigenvalue weighted by Crippen LogP contribution is -2.49. The Bertz CT molecular complexity index is 251. The molecule has 2 heterocycles. The van der Waals surface area contributed by atoms with Crippen molar-refractivity contribution in [2.45, 2.75) is 38.2 Å². The summed E-state index contributed by atoms with van der Waals surface area (Å²) in [7, 11) is 0. The summed E-state index contributed by atoms with van der Waals surface area (Å²) in [5.74, 6) is -1.21. The summed E-state index contributed by atoms with van der Waals surface area (Å²) < 4.78 is 5.96. The molecule has 0 amide bonds. The Hall–Kier alpha value is -0.610. The van der Waals surface area contributed by atoms with E-state index in [2.05, 4.69) is 5.32 Å². The summed E-state index contributed by atoms with van der Waals surface area (Å²) in [4.78, 5) is 10.8. The predicted octanol–water partition coefficient (Wildman–Crippen LogP) is -0.0788. The zero-order valence-electron chi connectivity index (χ0n) is 9.83. The van der Waals surface area contributed by atoms with Gasteiger partial charge in [0.2, 0.25) is 0 Å². The summed E-state index contributed by atoms with van der Waals surface area (Å²) in [6, 6.07) is 0. The molecule has 1 spiro atoms. The van der Waals surface area contributed by atoms with Gasteiger partial charge in [0.15, 0.2) is 0 Å². The molecule has 16 heavy (non-hydrogen) atoms. The van der Waals surface area contributed by atoms with E-state index in [0.29, 0.717) is 6.61 Å². The van der Waals surface area contributed by atoms with Gasteiger partial charge in [0.05, 0.1) is 12.2 Å². The number of carbonyl (C=O) groups excluding carboxylic acids is 1. The van der Waals surface area contributed by atoms with E-state index in [0.717, 1.165) is 38.8 Å². The van der Waals surface area contributed by atoms with Crippen LogP contribution in [0.4, 0.5) is 0 Å². The van der Waals surface area contributed by atoms with E-state index in [-0.39, 0.29) is 17.4 Å². The van der Waals surface area contributed by atoms with Crippen molar-refractivity contribution in [2.75, 3.05) is 19.7 Å². The number of rotatable bonds is 2. The van der Waals surface area contributed by atoms with Crippen LogP contribution in [-0.4, -0.2) is 31.3 Å². The monoisotopic (exact) mass is 226 g/mol. The smallest absolute Gasteiger partial charge is 0.0707 e. The topological polar surface area (TPSA) is 61.4 Å². The third-order valence-corrected chi connectivity index (χ3v) is 4.17. The van der Waals surface area contributed by atoms with E-state index >= 15 is 0 Å². The largest absolute Gasteiger partial charge is 0.550 e. The Balaban J connectivity index is 1.88. The molecule has 2 aliphatic heterocycles. The maximum absolute atomic E-state index is 10.8. The van der Waals surface area contributed by atoms with E-state index in [1.54, 1.807) is 6.92 Å². The van der Waals surface area contributed by atoms with Crippen LogP contribution in [0.15, 0.2) is 0 Å². The highest BCUT2D eigenvalue weighted by atomic mass is 16.5. The molecule has 2 fully saturated rings. The maximum Gasteiger partial charge on any atom is 0.0707 e. The van der Waals surface area contributed by atoms with Gasteiger partial charge in [0.1, 0.15) is 0 Å². The third kappa shape index (κ3) is 2.38. The second-order valence-corrected chi connectivity index (χ2v) is 5.15. The van der Waals surface area contributed by atoms with Crippen LogP contribution >= 0.6 is 0 Å². The first-order valence-electron chi connectivity index (χ1n) is 6.18. The number of carbonyl (C=O) groups is 1. The first-order chi connectivity index (χ1) is 7.63. The Morgan fingerprint density at radius 3 is 2.62 bits per heavy atom. The summed E-state index contributed by atoms with van der Waals surface area (Å²) in [5.41, 5.74) is 0.0351. The van der Waals surface area contributed by atoms with Gasteiger partial charge in [-0.3, -0.25) is 0 Å². The van der Waals surface area contributed by atoms with Crippen LogP contribution in [0, 0.1) is 11.8 Å². The molecule has 2 saturated heterocycles. The number of hydrogen-bond donors (Lipinski definition) is 1. The number of aliphatic carboxylic acids is 1. The lowest BCUT2D eigenvalue weighted by atomic mass is 9.79. The number of carboxylic acid groups (broad SMARTS) is 1. The van der Waals surface area contributed by atoms with Gasteiger partial charge >= 0.3 is 0 Å². The van der Waals surface area contributed by atoms with E-state index in [4.69, 9.17) is 4.74 Å². The lowest BCUT2D eigenvalue weighted by Gasteiger charge is -2.44. The molecule has 4 heteroatoms. The van der Waals surface area contributed by atoms with Crippen molar-refractivity contribution in [3.8, 4) is 0 Å². The third-order valence-electron chi connectivity index (χ3n) is 4.17. The van der Waals surface area contributed by atoms with Gasteiger partial charge in [-0.25, -0.2) is 0 Å². The van der Waals surface area contributed by atoms with Crippen molar-refractivity contribution in [3.05, 3.63) is 0 Å². The predicted molar refractivity (Wildman–Crippen MR) is 57.7 cm³/mol. The molecule has 0 aromatic rings. The summed E-state index contributed by atoms with van der Waals surface area (Å²) in [6.07, 6.45) is 4.06. The van der Waals surface area contributed by atoms with Gasteiger partial charge in [-0.1, -0.05) is 6.92 Å². The minimum atomic E-state index is -0.949. The first-order valence-corrected chi connectivity index (χ1v) is 6.18. The van der Waals surface area contributed by atoms with E-state index in [1.165, 1.54) is 0 Å². The molecule has 0 aromatic carbocycles. The first kappa shape index (κ1) is 11.9. The molecule has 92 valence electrons. The Labute approximate surface area is 96.4 Å². The van der Waals surface area contributed by atoms with Crippen LogP contribution in [0.2, 0.25) is 0 Å². The normalized spacial score (nSPS) is 31.2. The average Bonchev–Trinajstić information content (AvgIpc) is 2.30. The van der Waals surface area contributed by atoms with Gasteiger partial charge in [0, 0.05) is 11.9 Å². The number of nitrogens with one attached hydrogen (secondary N) is 1. The minimum absolute atomic E-state index is 0.0351. The Kier molecular flexibility index (Phi) is 3.50. The molecule has 2 atom stereocenters. The highest BCUT2D eigenvalue weighted by molar-refractivity contribution is 5.67. The average molecular weight is 226 g/mol. The molecule has 0 aromatic heterocycles. The quantitative estimate of drug-likeness (QED) is 0.715. The van der Waals surface area contributed by atoms with Crippen LogP contribution < -0.4 is 10.4 Å². The molecule has 2 aliphatic rings. The molecular weight excluding hydrogens is 206 g/mol. The Morgan fingerprint density at radius 1 is 1.44 bits per heavy atom. The van der Waals surface area contributed by atoms with Gasteiger partial charge in [0.25, 0.3) is 0 Å². The van der Waals surface area contributed by atoms with E-state index in [9.17, 15) is 9.90 Å². The van der Waals surface area contributed by atoms with Crippen molar-refractivity contribution in [1.82, 2.24) is 5.32 Å². The number of carboxylic acids is 1. The van der Waals surface area contributed by atoms with E-state index < -0.39 is 5.97 Å². The summed E-state index contributed by atoms with van der Waals surface area (Å²) >= 11 is 0. The van der Waals surface area contributed by atoms with Crippen LogP contribution in [0.1, 0.15) is 32.6 Å². The van der Waals surface area contributed by atoms with Crippen molar-refractivity contribution < 1.29 is 14.6 Å². The molecular formula is C12H20NO3-. The molecule has 0 bridgehead atoms. The Morgan fingerprint density at radius 2 is 2.12 bits per heavy atom. The molecule has 1 N–H and O–H groups in total. The zero-order valence-corrected chi connectivity index (χ0v) is 9.83. The zero-order chi connectivity index (χ0) is 11.6. The summed E-state index contributed by atoms with van der Waals surface area (Å²) in [6.45, 7) is 4.33. The lowest BCUT2D eigenvalue weighted by molar-refractivity contribution is -0.314. The van der Waals surface area contributed by atoms with Crippen LogP contribution in [0.5, 0.6) is 0 Å². The van der Waals surface area contributed by atoms with Gasteiger partial charge < -0.3 is 20.0 Å². The molecule has 4 nitrogen and oxygen atoms in total. The molecule has 0 aliphatic carbocycles. The summed E-state index contributed by atoms with van der Waals surface area (Å²) in [5, 5.41) is 14.1. The van der Waals surface area contributed by atoms with Gasteiger partial charge in [-0.05, 0) is 44.7 Å². The number of piperidine rings is 1. The second-order valence-electron chi connectivity index (χ2n) is 5.15. The molecule has 0 saturated carbocycles. The second kappa shape index (κ2) is 4.72. The standard InChI is InChI=1S/C12H21NO3/c1-9(11(14)15)10-2-3-12(16-8-10)4-6-13-7-5-12/h9-10,13H,2-8H2,1H3,(H,14,15)/p-1. The van der Waals surface area contributed by atoms with Crippen LogP contribution in [-0.2, 0) is 9.53 Å². The fourth-order valence-corrected chi connectivity index (χ4v) is 2.75.